The van der Waals surface area contributed by atoms with Crippen LogP contribution in [0.2, 0.25) is 0 Å². The topological polar surface area (TPSA) is 34.1 Å². The highest BCUT2D eigenvalue weighted by Crippen LogP contribution is 2.07. The van der Waals surface area contributed by atoms with E-state index in [1.807, 2.05) is 6.07 Å². The van der Waals surface area contributed by atoms with Gasteiger partial charge in [-0.3, -0.25) is 0 Å². The summed E-state index contributed by atoms with van der Waals surface area (Å²) in [6.07, 6.45) is 0. The maximum Gasteiger partial charge on any atom is 0.348 e. The molecule has 0 unspecified atom stereocenters. The van der Waals surface area contributed by atoms with Gasteiger partial charge in [-0.25, -0.2) is 9.13 Å². The van der Waals surface area contributed by atoms with E-state index in [0.717, 1.165) is 5.56 Å². The third-order valence-corrected chi connectivity index (χ3v) is 2.21. The highest BCUT2D eigenvalue weighted by atomic mass is 31.1. The molecule has 1 rings (SSSR count). The SMILES string of the molecule is Cc1ccccc1P(=O)=O. The molecule has 0 aliphatic rings. The van der Waals surface area contributed by atoms with E-state index in [4.69, 9.17) is 0 Å². The fourth-order valence-corrected chi connectivity index (χ4v) is 1.34. The smallest absolute Gasteiger partial charge is 0.232 e. The number of hydrogen-bond donors (Lipinski definition) is 0. The first-order chi connectivity index (χ1) is 4.72. The molecule has 1 aromatic carbocycles. The van der Waals surface area contributed by atoms with Gasteiger partial charge in [-0.2, -0.15) is 0 Å². The second-order valence-electron chi connectivity index (χ2n) is 2.04. The van der Waals surface area contributed by atoms with E-state index < -0.39 is 7.68 Å². The quantitative estimate of drug-likeness (QED) is 0.578. The molecule has 0 aliphatic carbocycles. The van der Waals surface area contributed by atoms with Crippen molar-refractivity contribution in [2.45, 2.75) is 6.92 Å². The summed E-state index contributed by atoms with van der Waals surface area (Å²) in [6.45, 7) is 1.78. The highest BCUT2D eigenvalue weighted by Gasteiger charge is 1.99. The van der Waals surface area contributed by atoms with E-state index in [0.29, 0.717) is 5.30 Å². The number of aryl methyl sites for hydroxylation is 1. The van der Waals surface area contributed by atoms with Crippen LogP contribution in [0.3, 0.4) is 0 Å². The van der Waals surface area contributed by atoms with E-state index in [1.165, 1.54) is 0 Å². The summed E-state index contributed by atoms with van der Waals surface area (Å²) in [4.78, 5) is 0. The monoisotopic (exact) mass is 154 g/mol. The fraction of sp³-hybridized carbons (Fsp3) is 0.143. The Morgan fingerprint density at radius 2 is 1.80 bits per heavy atom. The molecule has 0 radical (unpaired) electrons. The molecule has 1 aromatic rings. The zero-order valence-corrected chi connectivity index (χ0v) is 6.47. The van der Waals surface area contributed by atoms with Crippen LogP contribution < -0.4 is 5.30 Å². The lowest BCUT2D eigenvalue weighted by atomic mass is 10.2. The molecule has 10 heavy (non-hydrogen) atoms. The van der Waals surface area contributed by atoms with Crippen LogP contribution in [0.15, 0.2) is 24.3 Å². The van der Waals surface area contributed by atoms with Crippen LogP contribution in [0.1, 0.15) is 5.56 Å². The molecule has 52 valence electrons. The van der Waals surface area contributed by atoms with Crippen LogP contribution >= 0.6 is 7.68 Å². The normalized spacial score (nSPS) is 9.30. The van der Waals surface area contributed by atoms with E-state index >= 15 is 0 Å². The van der Waals surface area contributed by atoms with Gasteiger partial charge in [0.15, 0.2) is 0 Å². The van der Waals surface area contributed by atoms with Gasteiger partial charge in [0.25, 0.3) is 0 Å². The van der Waals surface area contributed by atoms with Crippen molar-refractivity contribution in [3.63, 3.8) is 0 Å². The highest BCUT2D eigenvalue weighted by molar-refractivity contribution is 7.40. The maximum atomic E-state index is 10.5. The van der Waals surface area contributed by atoms with Gasteiger partial charge in [0.2, 0.25) is 0 Å². The first-order valence-corrected chi connectivity index (χ1v) is 4.09. The fourth-order valence-electron chi connectivity index (χ4n) is 0.768. The number of rotatable bonds is 1. The number of hydrogen-bond acceptors (Lipinski definition) is 2. The molecule has 0 saturated carbocycles. The molecular weight excluding hydrogens is 147 g/mol. The van der Waals surface area contributed by atoms with Crippen molar-refractivity contribution in [2.75, 3.05) is 0 Å². The lowest BCUT2D eigenvalue weighted by Gasteiger charge is -1.91. The summed E-state index contributed by atoms with van der Waals surface area (Å²) in [5.74, 6) is 0. The Morgan fingerprint density at radius 1 is 1.20 bits per heavy atom. The van der Waals surface area contributed by atoms with Crippen LogP contribution in [-0.4, -0.2) is 0 Å². The molecule has 0 aliphatic heterocycles. The zero-order valence-electron chi connectivity index (χ0n) is 5.57. The molecule has 0 bridgehead atoms. The van der Waals surface area contributed by atoms with Crippen molar-refractivity contribution in [1.29, 1.82) is 0 Å². The lowest BCUT2D eigenvalue weighted by molar-refractivity contribution is 0.523. The van der Waals surface area contributed by atoms with Gasteiger partial charge in [-0.1, -0.05) is 18.2 Å². The van der Waals surface area contributed by atoms with Gasteiger partial charge >= 0.3 is 7.68 Å². The molecule has 0 N–H and O–H groups in total. The third-order valence-electron chi connectivity index (χ3n) is 1.31. The van der Waals surface area contributed by atoms with Gasteiger partial charge in [0.1, 0.15) is 0 Å². The van der Waals surface area contributed by atoms with E-state index in [2.05, 4.69) is 0 Å². The third kappa shape index (κ3) is 1.34. The Bertz CT molecular complexity index is 294. The second-order valence-corrected chi connectivity index (χ2v) is 3.04. The molecule has 0 spiro atoms. The van der Waals surface area contributed by atoms with Crippen molar-refractivity contribution in [2.24, 2.45) is 0 Å². The molecule has 0 aromatic heterocycles. The van der Waals surface area contributed by atoms with Crippen LogP contribution in [0.5, 0.6) is 0 Å². The number of benzene rings is 1. The van der Waals surface area contributed by atoms with E-state index in [-0.39, 0.29) is 0 Å². The molecule has 0 amide bonds. The summed E-state index contributed by atoms with van der Waals surface area (Å²) in [5.41, 5.74) is 0.804. The molecule has 0 heterocycles. The average Bonchev–Trinajstić information content (AvgIpc) is 1.88. The van der Waals surface area contributed by atoms with Crippen molar-refractivity contribution in [3.8, 4) is 0 Å². The standard InChI is InChI=1S/C7H7O2P/c1-6-4-2-3-5-7(6)10(8)9/h2-5H,1H3. The van der Waals surface area contributed by atoms with E-state index in [9.17, 15) is 9.13 Å². The minimum atomic E-state index is -2.42. The van der Waals surface area contributed by atoms with Crippen LogP contribution in [-0.2, 0) is 9.13 Å². The molecule has 2 nitrogen and oxygen atoms in total. The van der Waals surface area contributed by atoms with Crippen molar-refractivity contribution >= 4 is 13.0 Å². The Balaban J connectivity index is 3.28. The van der Waals surface area contributed by atoms with Gasteiger partial charge in [0.05, 0.1) is 5.30 Å². The summed E-state index contributed by atoms with van der Waals surface area (Å²) in [6, 6.07) is 6.91. The summed E-state index contributed by atoms with van der Waals surface area (Å²) in [5, 5.41) is 0.414. The van der Waals surface area contributed by atoms with E-state index in [1.54, 1.807) is 25.1 Å². The Hall–Kier alpha value is -0.880. The first kappa shape index (κ1) is 7.23. The average molecular weight is 154 g/mol. The van der Waals surface area contributed by atoms with Crippen LogP contribution in [0, 0.1) is 6.92 Å². The zero-order chi connectivity index (χ0) is 7.56. The van der Waals surface area contributed by atoms with Crippen molar-refractivity contribution in [3.05, 3.63) is 29.8 Å². The van der Waals surface area contributed by atoms with Gasteiger partial charge < -0.3 is 0 Å². The molecule has 0 fully saturated rings. The minimum Gasteiger partial charge on any atom is -0.232 e. The van der Waals surface area contributed by atoms with Crippen LogP contribution in [0.25, 0.3) is 0 Å². The van der Waals surface area contributed by atoms with Crippen LogP contribution in [0.4, 0.5) is 0 Å². The minimum absolute atomic E-state index is 0.414. The Kier molecular flexibility index (Phi) is 2.03. The molecule has 0 saturated heterocycles. The predicted octanol–water partition coefficient (Wildman–Crippen LogP) is 1.79. The summed E-state index contributed by atoms with van der Waals surface area (Å²) >= 11 is 0. The lowest BCUT2D eigenvalue weighted by Crippen LogP contribution is -1.96. The van der Waals surface area contributed by atoms with Gasteiger partial charge in [-0.05, 0) is 18.6 Å². The van der Waals surface area contributed by atoms with Crippen molar-refractivity contribution in [1.82, 2.24) is 0 Å². The largest absolute Gasteiger partial charge is 0.348 e. The predicted molar refractivity (Wildman–Crippen MR) is 39.1 cm³/mol. The summed E-state index contributed by atoms with van der Waals surface area (Å²) < 4.78 is 20.9. The second kappa shape index (κ2) is 2.80. The van der Waals surface area contributed by atoms with Gasteiger partial charge in [-0.15, -0.1) is 0 Å². The first-order valence-electron chi connectivity index (χ1n) is 2.92. The Morgan fingerprint density at radius 3 is 2.20 bits per heavy atom. The summed E-state index contributed by atoms with van der Waals surface area (Å²) in [7, 11) is -2.42. The molecular formula is C7H7O2P. The maximum absolute atomic E-state index is 10.5. The molecule has 0 atom stereocenters. The van der Waals surface area contributed by atoms with Gasteiger partial charge in [0, 0.05) is 0 Å². The Labute approximate surface area is 59.7 Å². The molecule has 3 heteroatoms. The van der Waals surface area contributed by atoms with Crippen molar-refractivity contribution < 1.29 is 9.13 Å².